The molecule has 0 fully saturated rings. The first-order valence-corrected chi connectivity index (χ1v) is 5.67. The Hall–Kier alpha value is -2.89. The van der Waals surface area contributed by atoms with E-state index in [0.717, 1.165) is 5.52 Å². The number of rotatable bonds is 2. The van der Waals surface area contributed by atoms with Gasteiger partial charge in [0.25, 0.3) is 0 Å². The molecule has 6 nitrogen and oxygen atoms in total. The molecule has 19 heavy (non-hydrogen) atoms. The molecule has 0 saturated heterocycles. The predicted octanol–water partition coefficient (Wildman–Crippen LogP) is 1.08. The number of nitrogen functional groups attached to an aromatic ring is 1. The zero-order chi connectivity index (χ0) is 13.4. The summed E-state index contributed by atoms with van der Waals surface area (Å²) in [5, 5.41) is 4.06. The van der Waals surface area contributed by atoms with Gasteiger partial charge >= 0.3 is 0 Å². The van der Waals surface area contributed by atoms with Crippen molar-refractivity contribution in [3.05, 3.63) is 48.2 Å². The molecule has 6 heteroatoms. The Bertz CT molecular complexity index is 778. The SMILES string of the molecule is NC(=O)c1ccccc1-c1nc(N)nn2cccc12. The molecule has 1 aromatic carbocycles. The first kappa shape index (κ1) is 11.2. The van der Waals surface area contributed by atoms with Crippen LogP contribution in [-0.2, 0) is 0 Å². The number of carbonyl (C=O) groups is 1. The highest BCUT2D eigenvalue weighted by molar-refractivity contribution is 6.01. The van der Waals surface area contributed by atoms with Crippen molar-refractivity contribution in [3.63, 3.8) is 0 Å². The second-order valence-corrected chi connectivity index (χ2v) is 4.07. The quantitative estimate of drug-likeness (QED) is 0.713. The average Bonchev–Trinajstić information content (AvgIpc) is 2.85. The number of aromatic nitrogens is 3. The molecular formula is C13H11N5O. The average molecular weight is 253 g/mol. The predicted molar refractivity (Wildman–Crippen MR) is 71.4 cm³/mol. The Labute approximate surface area is 108 Å². The molecule has 0 radical (unpaired) electrons. The van der Waals surface area contributed by atoms with Crippen LogP contribution in [0.1, 0.15) is 10.4 Å². The minimum atomic E-state index is -0.502. The van der Waals surface area contributed by atoms with E-state index in [9.17, 15) is 4.79 Å². The molecule has 0 aliphatic heterocycles. The van der Waals surface area contributed by atoms with Gasteiger partial charge in [0.05, 0.1) is 5.52 Å². The molecule has 94 valence electrons. The number of primary amides is 1. The molecule has 4 N–H and O–H groups in total. The van der Waals surface area contributed by atoms with Crippen LogP contribution >= 0.6 is 0 Å². The number of amides is 1. The minimum Gasteiger partial charge on any atom is -0.367 e. The molecule has 3 aromatic rings. The minimum absolute atomic E-state index is 0.137. The van der Waals surface area contributed by atoms with Crippen LogP contribution in [-0.4, -0.2) is 20.5 Å². The number of benzene rings is 1. The van der Waals surface area contributed by atoms with Gasteiger partial charge in [-0.15, -0.1) is 5.10 Å². The Morgan fingerprint density at radius 2 is 1.95 bits per heavy atom. The molecule has 2 heterocycles. The van der Waals surface area contributed by atoms with Gasteiger partial charge < -0.3 is 11.5 Å². The third-order valence-electron chi connectivity index (χ3n) is 2.85. The highest BCUT2D eigenvalue weighted by Crippen LogP contribution is 2.26. The fourth-order valence-corrected chi connectivity index (χ4v) is 2.05. The van der Waals surface area contributed by atoms with Crippen LogP contribution in [0.25, 0.3) is 16.8 Å². The van der Waals surface area contributed by atoms with Crippen molar-refractivity contribution in [2.24, 2.45) is 5.73 Å². The summed E-state index contributed by atoms with van der Waals surface area (Å²) < 4.78 is 1.62. The lowest BCUT2D eigenvalue weighted by atomic mass is 10.0. The number of anilines is 1. The van der Waals surface area contributed by atoms with Crippen LogP contribution in [0.15, 0.2) is 42.6 Å². The molecule has 3 rings (SSSR count). The molecule has 0 unspecified atom stereocenters. The molecule has 0 aliphatic carbocycles. The second kappa shape index (κ2) is 4.09. The van der Waals surface area contributed by atoms with Crippen LogP contribution in [0.2, 0.25) is 0 Å². The number of hydrogen-bond donors (Lipinski definition) is 2. The van der Waals surface area contributed by atoms with Crippen LogP contribution in [0.3, 0.4) is 0 Å². The van der Waals surface area contributed by atoms with E-state index in [1.807, 2.05) is 18.2 Å². The van der Waals surface area contributed by atoms with Crippen molar-refractivity contribution in [3.8, 4) is 11.3 Å². The molecule has 0 spiro atoms. The summed E-state index contributed by atoms with van der Waals surface area (Å²) in [5.41, 5.74) is 13.5. The maximum absolute atomic E-state index is 11.5. The van der Waals surface area contributed by atoms with Gasteiger partial charge in [0.15, 0.2) is 0 Å². The van der Waals surface area contributed by atoms with Crippen molar-refractivity contribution in [2.45, 2.75) is 0 Å². The van der Waals surface area contributed by atoms with Gasteiger partial charge in [0.1, 0.15) is 5.69 Å². The Morgan fingerprint density at radius 3 is 2.74 bits per heavy atom. The molecule has 0 saturated carbocycles. The summed E-state index contributed by atoms with van der Waals surface area (Å²) in [4.78, 5) is 15.7. The smallest absolute Gasteiger partial charge is 0.249 e. The summed E-state index contributed by atoms with van der Waals surface area (Å²) in [6.45, 7) is 0. The van der Waals surface area contributed by atoms with Crippen molar-refractivity contribution < 1.29 is 4.79 Å². The van der Waals surface area contributed by atoms with E-state index in [1.54, 1.807) is 28.9 Å². The lowest BCUT2D eigenvalue weighted by molar-refractivity contribution is 0.100. The van der Waals surface area contributed by atoms with E-state index in [0.29, 0.717) is 16.8 Å². The Balaban J connectivity index is 2.36. The highest BCUT2D eigenvalue weighted by Gasteiger charge is 2.14. The largest absolute Gasteiger partial charge is 0.367 e. The van der Waals surface area contributed by atoms with Crippen LogP contribution in [0.5, 0.6) is 0 Å². The van der Waals surface area contributed by atoms with Gasteiger partial charge in [-0.05, 0) is 18.2 Å². The van der Waals surface area contributed by atoms with Crippen LogP contribution in [0, 0.1) is 0 Å². The standard InChI is InChI=1S/C13H11N5O/c14-12(19)9-5-2-1-4-8(9)11-10-6-3-7-18(10)17-13(15)16-11/h1-7H,(H2,14,19)(H2,15,17). The summed E-state index contributed by atoms with van der Waals surface area (Å²) in [7, 11) is 0. The number of carbonyl (C=O) groups excluding carboxylic acids is 1. The maximum Gasteiger partial charge on any atom is 0.249 e. The first-order valence-electron chi connectivity index (χ1n) is 5.67. The third-order valence-corrected chi connectivity index (χ3v) is 2.85. The number of hydrogen-bond acceptors (Lipinski definition) is 4. The lowest BCUT2D eigenvalue weighted by Gasteiger charge is -2.08. The van der Waals surface area contributed by atoms with Crippen LogP contribution in [0.4, 0.5) is 5.95 Å². The van der Waals surface area contributed by atoms with Gasteiger partial charge in [0.2, 0.25) is 11.9 Å². The van der Waals surface area contributed by atoms with E-state index < -0.39 is 5.91 Å². The number of nitrogens with two attached hydrogens (primary N) is 2. The second-order valence-electron chi connectivity index (χ2n) is 4.07. The van der Waals surface area contributed by atoms with E-state index in [-0.39, 0.29) is 5.95 Å². The van der Waals surface area contributed by atoms with Gasteiger partial charge in [-0.1, -0.05) is 18.2 Å². The fourth-order valence-electron chi connectivity index (χ4n) is 2.05. The van der Waals surface area contributed by atoms with Crippen molar-refractivity contribution in [1.82, 2.24) is 14.6 Å². The molecule has 0 atom stereocenters. The highest BCUT2D eigenvalue weighted by atomic mass is 16.1. The van der Waals surface area contributed by atoms with Crippen LogP contribution < -0.4 is 11.5 Å². The van der Waals surface area contributed by atoms with Gasteiger partial charge in [-0.2, -0.15) is 0 Å². The van der Waals surface area contributed by atoms with E-state index in [2.05, 4.69) is 10.1 Å². The van der Waals surface area contributed by atoms with Crippen molar-refractivity contribution in [1.29, 1.82) is 0 Å². The monoisotopic (exact) mass is 253 g/mol. The molecule has 2 aromatic heterocycles. The maximum atomic E-state index is 11.5. The number of nitrogens with zero attached hydrogens (tertiary/aromatic N) is 3. The third kappa shape index (κ3) is 1.79. The lowest BCUT2D eigenvalue weighted by Crippen LogP contribution is -2.13. The van der Waals surface area contributed by atoms with E-state index in [1.165, 1.54) is 0 Å². The summed E-state index contributed by atoms with van der Waals surface area (Å²) in [6.07, 6.45) is 1.77. The number of fused-ring (bicyclic) bond motifs is 1. The molecule has 1 amide bonds. The van der Waals surface area contributed by atoms with Crippen molar-refractivity contribution >= 4 is 17.4 Å². The summed E-state index contributed by atoms with van der Waals surface area (Å²) in [5.74, 6) is -0.365. The van der Waals surface area contributed by atoms with E-state index in [4.69, 9.17) is 11.5 Å². The summed E-state index contributed by atoms with van der Waals surface area (Å²) in [6, 6.07) is 10.7. The molecule has 0 bridgehead atoms. The topological polar surface area (TPSA) is 99.3 Å². The Morgan fingerprint density at radius 1 is 1.16 bits per heavy atom. The van der Waals surface area contributed by atoms with Crippen molar-refractivity contribution in [2.75, 3.05) is 5.73 Å². The summed E-state index contributed by atoms with van der Waals surface area (Å²) >= 11 is 0. The zero-order valence-corrected chi connectivity index (χ0v) is 9.95. The molecular weight excluding hydrogens is 242 g/mol. The van der Waals surface area contributed by atoms with E-state index >= 15 is 0 Å². The van der Waals surface area contributed by atoms with Gasteiger partial charge in [-0.25, -0.2) is 9.50 Å². The normalized spacial score (nSPS) is 10.7. The van der Waals surface area contributed by atoms with Gasteiger partial charge in [-0.3, -0.25) is 4.79 Å². The van der Waals surface area contributed by atoms with Gasteiger partial charge in [0, 0.05) is 17.3 Å². The first-order chi connectivity index (χ1) is 9.16. The Kier molecular flexibility index (Phi) is 2.42. The molecule has 0 aliphatic rings. The zero-order valence-electron chi connectivity index (χ0n) is 9.95. The fraction of sp³-hybridized carbons (Fsp3) is 0.